The summed E-state index contributed by atoms with van der Waals surface area (Å²) >= 11 is 5.88. The Morgan fingerprint density at radius 3 is 3.09 bits per heavy atom. The van der Waals surface area contributed by atoms with Gasteiger partial charge in [0.25, 0.3) is 17.4 Å². The minimum Gasteiger partial charge on any atom is -0.466 e. The number of ether oxygens (including phenoxy) is 1. The molecule has 0 saturated heterocycles. The van der Waals surface area contributed by atoms with Crippen molar-refractivity contribution < 1.29 is 14.3 Å². The molecule has 0 aliphatic carbocycles. The second-order valence-corrected chi connectivity index (χ2v) is 5.69. The highest BCUT2D eigenvalue weighted by Crippen LogP contribution is 2.35. The molecule has 2 aromatic rings. The molecule has 0 saturated carbocycles. The number of amides is 2. The fourth-order valence-electron chi connectivity index (χ4n) is 2.23. The van der Waals surface area contributed by atoms with Crippen molar-refractivity contribution >= 4 is 29.1 Å². The smallest absolute Gasteiger partial charge is 0.278 e. The summed E-state index contributed by atoms with van der Waals surface area (Å²) in [6, 6.07) is 6.62. The van der Waals surface area contributed by atoms with Crippen LogP contribution in [0.4, 0.5) is 5.69 Å². The highest BCUT2D eigenvalue weighted by Gasteiger charge is 2.47. The number of anilines is 1. The standard InChI is InChI=1S/C15H15ClN4O3/c1-15(13(21)17-6-8-20-7-2-5-18-20)14(22)19-11-9-10(16)3-4-12(11)23-15/h2-5,7,9H,6,8H2,1H3,(H,17,21)(H,19,22). The predicted molar refractivity (Wildman–Crippen MR) is 84.4 cm³/mol. The topological polar surface area (TPSA) is 85.2 Å². The van der Waals surface area contributed by atoms with E-state index in [1.807, 2.05) is 0 Å². The van der Waals surface area contributed by atoms with Gasteiger partial charge in [0.1, 0.15) is 5.75 Å². The summed E-state index contributed by atoms with van der Waals surface area (Å²) in [6.45, 7) is 2.27. The van der Waals surface area contributed by atoms with Crippen LogP contribution in [0.25, 0.3) is 0 Å². The van der Waals surface area contributed by atoms with Crippen LogP contribution in [0.15, 0.2) is 36.7 Å². The Balaban J connectivity index is 1.69. The van der Waals surface area contributed by atoms with E-state index in [0.29, 0.717) is 29.5 Å². The van der Waals surface area contributed by atoms with Crippen LogP contribution in [0.3, 0.4) is 0 Å². The molecule has 8 heteroatoms. The molecule has 1 unspecified atom stereocenters. The van der Waals surface area contributed by atoms with E-state index in [0.717, 1.165) is 0 Å². The van der Waals surface area contributed by atoms with Gasteiger partial charge in [0.15, 0.2) is 0 Å². The van der Waals surface area contributed by atoms with Gasteiger partial charge in [0, 0.05) is 24.0 Å². The Kier molecular flexibility index (Phi) is 3.96. The van der Waals surface area contributed by atoms with E-state index < -0.39 is 17.4 Å². The molecular weight excluding hydrogens is 320 g/mol. The summed E-state index contributed by atoms with van der Waals surface area (Å²) < 4.78 is 7.31. The maximum atomic E-state index is 12.4. The van der Waals surface area contributed by atoms with E-state index in [1.54, 1.807) is 41.3 Å². The lowest BCUT2D eigenvalue weighted by Crippen LogP contribution is -2.59. The lowest BCUT2D eigenvalue weighted by atomic mass is 10.0. The fourth-order valence-corrected chi connectivity index (χ4v) is 2.40. The second kappa shape index (κ2) is 5.92. The number of carbonyl (C=O) groups excluding carboxylic acids is 2. The number of fused-ring (bicyclic) bond motifs is 1. The van der Waals surface area contributed by atoms with Crippen LogP contribution in [0.1, 0.15) is 6.92 Å². The molecule has 2 N–H and O–H groups in total. The van der Waals surface area contributed by atoms with E-state index in [-0.39, 0.29) is 0 Å². The summed E-state index contributed by atoms with van der Waals surface area (Å²) in [6.07, 6.45) is 3.45. The molecule has 0 fully saturated rings. The number of carbonyl (C=O) groups is 2. The molecule has 1 aromatic carbocycles. The Morgan fingerprint density at radius 2 is 2.35 bits per heavy atom. The molecule has 1 aliphatic rings. The maximum absolute atomic E-state index is 12.4. The number of nitrogens with one attached hydrogen (secondary N) is 2. The third kappa shape index (κ3) is 3.00. The van der Waals surface area contributed by atoms with Gasteiger partial charge >= 0.3 is 0 Å². The van der Waals surface area contributed by atoms with Crippen molar-refractivity contribution in [2.24, 2.45) is 0 Å². The summed E-state index contributed by atoms with van der Waals surface area (Å²) in [4.78, 5) is 24.6. The first kappa shape index (κ1) is 15.4. The van der Waals surface area contributed by atoms with Crippen LogP contribution in [-0.2, 0) is 16.1 Å². The van der Waals surface area contributed by atoms with Gasteiger partial charge in [-0.2, -0.15) is 5.10 Å². The van der Waals surface area contributed by atoms with Gasteiger partial charge in [-0.15, -0.1) is 0 Å². The highest BCUT2D eigenvalue weighted by atomic mass is 35.5. The highest BCUT2D eigenvalue weighted by molar-refractivity contribution is 6.31. The van der Waals surface area contributed by atoms with Crippen molar-refractivity contribution in [1.82, 2.24) is 15.1 Å². The second-order valence-electron chi connectivity index (χ2n) is 5.25. The Bertz CT molecular complexity index is 747. The quantitative estimate of drug-likeness (QED) is 0.829. The zero-order chi connectivity index (χ0) is 16.4. The largest absolute Gasteiger partial charge is 0.466 e. The Hall–Kier alpha value is -2.54. The van der Waals surface area contributed by atoms with Gasteiger partial charge in [-0.25, -0.2) is 0 Å². The fraction of sp³-hybridized carbons (Fsp3) is 0.267. The van der Waals surface area contributed by atoms with Crippen molar-refractivity contribution in [3.63, 3.8) is 0 Å². The van der Waals surface area contributed by atoms with Crippen molar-refractivity contribution in [3.8, 4) is 5.75 Å². The molecule has 1 aromatic heterocycles. The predicted octanol–water partition coefficient (Wildman–Crippen LogP) is 1.44. The molecule has 23 heavy (non-hydrogen) atoms. The summed E-state index contributed by atoms with van der Waals surface area (Å²) in [5.41, 5.74) is -1.19. The van der Waals surface area contributed by atoms with E-state index >= 15 is 0 Å². The van der Waals surface area contributed by atoms with Crippen molar-refractivity contribution in [2.45, 2.75) is 19.1 Å². The first-order valence-electron chi connectivity index (χ1n) is 7.05. The van der Waals surface area contributed by atoms with Crippen LogP contribution < -0.4 is 15.4 Å². The number of benzene rings is 1. The number of hydrogen-bond acceptors (Lipinski definition) is 4. The van der Waals surface area contributed by atoms with E-state index in [9.17, 15) is 9.59 Å². The molecule has 120 valence electrons. The zero-order valence-electron chi connectivity index (χ0n) is 12.4. The van der Waals surface area contributed by atoms with Gasteiger partial charge in [-0.3, -0.25) is 14.3 Å². The minimum atomic E-state index is -1.63. The number of rotatable bonds is 4. The first-order valence-corrected chi connectivity index (χ1v) is 7.42. The molecule has 3 rings (SSSR count). The summed E-state index contributed by atoms with van der Waals surface area (Å²) in [7, 11) is 0. The lowest BCUT2D eigenvalue weighted by molar-refractivity contribution is -0.146. The number of hydrogen-bond donors (Lipinski definition) is 2. The first-order chi connectivity index (χ1) is 11.0. The molecular formula is C15H15ClN4O3. The van der Waals surface area contributed by atoms with Gasteiger partial charge in [-0.05, 0) is 31.2 Å². The van der Waals surface area contributed by atoms with Crippen LogP contribution in [-0.4, -0.2) is 33.7 Å². The zero-order valence-corrected chi connectivity index (χ0v) is 13.1. The maximum Gasteiger partial charge on any atom is 0.278 e. The average molecular weight is 335 g/mol. The summed E-state index contributed by atoms with van der Waals surface area (Å²) in [5, 5.41) is 9.85. The molecule has 1 aliphatic heterocycles. The van der Waals surface area contributed by atoms with Gasteiger partial charge in [0.2, 0.25) is 0 Å². The molecule has 2 heterocycles. The molecule has 1 atom stereocenters. The van der Waals surface area contributed by atoms with E-state index in [4.69, 9.17) is 16.3 Å². The van der Waals surface area contributed by atoms with Crippen molar-refractivity contribution in [3.05, 3.63) is 41.7 Å². The normalized spacial score (nSPS) is 19.5. The molecule has 0 spiro atoms. The lowest BCUT2D eigenvalue weighted by Gasteiger charge is -2.33. The molecule has 0 radical (unpaired) electrons. The minimum absolute atomic E-state index is 0.334. The third-order valence-corrected chi connectivity index (χ3v) is 3.79. The number of aromatic nitrogens is 2. The Morgan fingerprint density at radius 1 is 1.52 bits per heavy atom. The van der Waals surface area contributed by atoms with E-state index in [1.165, 1.54) is 6.92 Å². The third-order valence-electron chi connectivity index (χ3n) is 3.56. The van der Waals surface area contributed by atoms with Gasteiger partial charge in [0.05, 0.1) is 12.2 Å². The summed E-state index contributed by atoms with van der Waals surface area (Å²) in [5.74, 6) is -0.648. The molecule has 2 amide bonds. The van der Waals surface area contributed by atoms with Gasteiger partial charge < -0.3 is 15.4 Å². The molecule has 7 nitrogen and oxygen atoms in total. The van der Waals surface area contributed by atoms with E-state index in [2.05, 4.69) is 15.7 Å². The number of halogens is 1. The van der Waals surface area contributed by atoms with Crippen LogP contribution in [0.5, 0.6) is 5.75 Å². The average Bonchev–Trinajstić information content (AvgIpc) is 3.02. The Labute approximate surface area is 137 Å². The van der Waals surface area contributed by atoms with Crippen molar-refractivity contribution in [2.75, 3.05) is 11.9 Å². The number of nitrogens with zero attached hydrogens (tertiary/aromatic N) is 2. The van der Waals surface area contributed by atoms with Crippen LogP contribution in [0, 0.1) is 0 Å². The SMILES string of the molecule is CC1(C(=O)NCCn2cccn2)Oc2ccc(Cl)cc2NC1=O. The van der Waals surface area contributed by atoms with Crippen LogP contribution in [0.2, 0.25) is 5.02 Å². The molecule has 0 bridgehead atoms. The van der Waals surface area contributed by atoms with Crippen LogP contribution >= 0.6 is 11.6 Å². The monoisotopic (exact) mass is 334 g/mol. The van der Waals surface area contributed by atoms with Crippen molar-refractivity contribution in [1.29, 1.82) is 0 Å². The van der Waals surface area contributed by atoms with Gasteiger partial charge in [-0.1, -0.05) is 11.6 Å².